The van der Waals surface area contributed by atoms with Crippen molar-refractivity contribution in [1.29, 1.82) is 0 Å². The molecular formula is C20H22N4O2. The Morgan fingerprint density at radius 2 is 1.77 bits per heavy atom. The lowest BCUT2D eigenvalue weighted by Crippen LogP contribution is -2.50. The van der Waals surface area contributed by atoms with Crippen molar-refractivity contribution in [2.75, 3.05) is 26.2 Å². The molecular weight excluding hydrogens is 328 g/mol. The van der Waals surface area contributed by atoms with Crippen LogP contribution in [0.25, 0.3) is 10.9 Å². The highest BCUT2D eigenvalue weighted by atomic mass is 16.2. The summed E-state index contributed by atoms with van der Waals surface area (Å²) in [5.41, 5.74) is 2.77. The number of benzene rings is 1. The minimum absolute atomic E-state index is 0.0364. The normalized spacial score (nSPS) is 14.8. The molecule has 0 radical (unpaired) electrons. The van der Waals surface area contributed by atoms with Crippen LogP contribution in [0.3, 0.4) is 0 Å². The maximum Gasteiger partial charge on any atom is 0.255 e. The van der Waals surface area contributed by atoms with Crippen molar-refractivity contribution in [3.63, 3.8) is 0 Å². The van der Waals surface area contributed by atoms with Crippen LogP contribution in [0.15, 0.2) is 48.9 Å². The first-order chi connectivity index (χ1) is 12.6. The number of hydrogen-bond acceptors (Lipinski definition) is 2. The lowest BCUT2D eigenvalue weighted by Gasteiger charge is -2.34. The van der Waals surface area contributed by atoms with Gasteiger partial charge in [0.05, 0.1) is 12.0 Å². The van der Waals surface area contributed by atoms with Crippen LogP contribution in [-0.4, -0.2) is 57.3 Å². The van der Waals surface area contributed by atoms with Gasteiger partial charge in [0.2, 0.25) is 5.91 Å². The molecule has 3 heterocycles. The molecule has 2 aromatic heterocycles. The van der Waals surface area contributed by atoms with Crippen molar-refractivity contribution in [2.24, 2.45) is 7.05 Å². The molecule has 1 aromatic carbocycles. The number of amides is 2. The van der Waals surface area contributed by atoms with Crippen LogP contribution < -0.4 is 0 Å². The third-order valence-electron chi connectivity index (χ3n) is 5.02. The highest BCUT2D eigenvalue weighted by Crippen LogP contribution is 2.19. The van der Waals surface area contributed by atoms with E-state index in [1.54, 1.807) is 0 Å². The standard InChI is InChI=1S/C20H22N4O2/c1-22-7-6-15(14-22)20(26)24-10-8-23(9-11-24)19(25)12-16-13-21-18-5-3-2-4-17(16)18/h2-7,13-14,21H,8-12H2,1H3. The van der Waals surface area contributed by atoms with Crippen LogP contribution in [0, 0.1) is 0 Å². The summed E-state index contributed by atoms with van der Waals surface area (Å²) in [4.78, 5) is 32.1. The van der Waals surface area contributed by atoms with Crippen LogP contribution in [-0.2, 0) is 18.3 Å². The molecule has 1 aliphatic heterocycles. The fourth-order valence-electron chi connectivity index (χ4n) is 3.52. The maximum atomic E-state index is 12.7. The minimum Gasteiger partial charge on any atom is -0.361 e. The molecule has 1 saturated heterocycles. The van der Waals surface area contributed by atoms with E-state index in [1.165, 1.54) is 0 Å². The summed E-state index contributed by atoms with van der Waals surface area (Å²) in [5.74, 6) is 0.149. The molecule has 3 aromatic rings. The quantitative estimate of drug-likeness (QED) is 0.786. The monoisotopic (exact) mass is 350 g/mol. The number of fused-ring (bicyclic) bond motifs is 1. The highest BCUT2D eigenvalue weighted by molar-refractivity contribution is 5.94. The SMILES string of the molecule is Cn1ccc(C(=O)N2CCN(C(=O)Cc3c[nH]c4ccccc34)CC2)c1. The first-order valence-electron chi connectivity index (χ1n) is 8.86. The van der Waals surface area contributed by atoms with Gasteiger partial charge in [-0.15, -0.1) is 0 Å². The number of piperazine rings is 1. The smallest absolute Gasteiger partial charge is 0.255 e. The van der Waals surface area contributed by atoms with Crippen molar-refractivity contribution in [1.82, 2.24) is 19.4 Å². The molecule has 1 fully saturated rings. The number of nitrogens with one attached hydrogen (secondary N) is 1. The van der Waals surface area contributed by atoms with E-state index in [2.05, 4.69) is 4.98 Å². The second-order valence-corrected chi connectivity index (χ2v) is 6.77. The molecule has 6 nitrogen and oxygen atoms in total. The van der Waals surface area contributed by atoms with Gasteiger partial charge in [-0.05, 0) is 17.7 Å². The van der Waals surface area contributed by atoms with E-state index >= 15 is 0 Å². The van der Waals surface area contributed by atoms with E-state index in [9.17, 15) is 9.59 Å². The molecule has 26 heavy (non-hydrogen) atoms. The fourth-order valence-corrected chi connectivity index (χ4v) is 3.52. The number of aryl methyl sites for hydroxylation is 1. The van der Waals surface area contributed by atoms with Gasteiger partial charge in [-0.25, -0.2) is 0 Å². The third-order valence-corrected chi connectivity index (χ3v) is 5.02. The zero-order valence-corrected chi connectivity index (χ0v) is 14.8. The highest BCUT2D eigenvalue weighted by Gasteiger charge is 2.25. The van der Waals surface area contributed by atoms with Gasteiger partial charge < -0.3 is 19.4 Å². The number of nitrogens with zero attached hydrogens (tertiary/aromatic N) is 3. The summed E-state index contributed by atoms with van der Waals surface area (Å²) in [6.45, 7) is 2.32. The number of para-hydroxylation sites is 1. The lowest BCUT2D eigenvalue weighted by molar-refractivity contribution is -0.131. The second kappa shape index (κ2) is 6.71. The molecule has 4 rings (SSSR count). The number of rotatable bonds is 3. The summed E-state index contributed by atoms with van der Waals surface area (Å²) >= 11 is 0. The van der Waals surface area contributed by atoms with E-state index in [4.69, 9.17) is 0 Å². The van der Waals surface area contributed by atoms with E-state index in [0.29, 0.717) is 38.2 Å². The third kappa shape index (κ3) is 3.10. The Kier molecular flexibility index (Phi) is 4.24. The van der Waals surface area contributed by atoms with E-state index in [0.717, 1.165) is 16.5 Å². The molecule has 0 unspecified atom stereocenters. The number of hydrogen-bond donors (Lipinski definition) is 1. The second-order valence-electron chi connectivity index (χ2n) is 6.77. The van der Waals surface area contributed by atoms with Gasteiger partial charge in [0.25, 0.3) is 5.91 Å². The first kappa shape index (κ1) is 16.4. The van der Waals surface area contributed by atoms with Crippen molar-refractivity contribution >= 4 is 22.7 Å². The van der Waals surface area contributed by atoms with Gasteiger partial charge in [-0.2, -0.15) is 0 Å². The molecule has 0 bridgehead atoms. The molecule has 0 spiro atoms. The summed E-state index contributed by atoms with van der Waals surface area (Å²) in [6.07, 6.45) is 6.00. The molecule has 2 amide bonds. The van der Waals surface area contributed by atoms with Crippen LogP contribution in [0.1, 0.15) is 15.9 Å². The Bertz CT molecular complexity index is 948. The van der Waals surface area contributed by atoms with Crippen molar-refractivity contribution in [2.45, 2.75) is 6.42 Å². The van der Waals surface area contributed by atoms with E-state index in [-0.39, 0.29) is 11.8 Å². The minimum atomic E-state index is 0.0364. The average Bonchev–Trinajstić information content (AvgIpc) is 3.28. The number of aromatic nitrogens is 2. The summed E-state index contributed by atoms with van der Waals surface area (Å²) < 4.78 is 1.87. The first-order valence-corrected chi connectivity index (χ1v) is 8.86. The number of aromatic amines is 1. The molecule has 0 aliphatic carbocycles. The van der Waals surface area contributed by atoms with Gasteiger partial charge in [0.1, 0.15) is 0 Å². The summed E-state index contributed by atoms with van der Waals surface area (Å²) in [5, 5.41) is 1.10. The number of carbonyl (C=O) groups excluding carboxylic acids is 2. The van der Waals surface area contributed by atoms with E-state index in [1.807, 2.05) is 70.3 Å². The fraction of sp³-hybridized carbons (Fsp3) is 0.300. The molecule has 134 valence electrons. The molecule has 1 N–H and O–H groups in total. The van der Waals surface area contributed by atoms with Gasteiger partial charge in [0, 0.05) is 62.7 Å². The topological polar surface area (TPSA) is 61.3 Å². The Hall–Kier alpha value is -3.02. The van der Waals surface area contributed by atoms with Crippen LogP contribution in [0.5, 0.6) is 0 Å². The Balaban J connectivity index is 1.37. The van der Waals surface area contributed by atoms with E-state index < -0.39 is 0 Å². The van der Waals surface area contributed by atoms with Crippen LogP contribution in [0.4, 0.5) is 0 Å². The van der Waals surface area contributed by atoms with Gasteiger partial charge >= 0.3 is 0 Å². The average molecular weight is 350 g/mol. The van der Waals surface area contributed by atoms with Crippen molar-refractivity contribution in [3.05, 3.63) is 60.0 Å². The molecule has 0 atom stereocenters. The predicted octanol–water partition coefficient (Wildman–Crippen LogP) is 2.03. The Labute approximate surface area is 152 Å². The maximum absolute atomic E-state index is 12.7. The molecule has 0 saturated carbocycles. The van der Waals surface area contributed by atoms with Crippen molar-refractivity contribution in [3.8, 4) is 0 Å². The predicted molar refractivity (Wildman–Crippen MR) is 99.9 cm³/mol. The number of H-pyrrole nitrogens is 1. The van der Waals surface area contributed by atoms with Gasteiger partial charge in [-0.1, -0.05) is 18.2 Å². The van der Waals surface area contributed by atoms with Crippen LogP contribution >= 0.6 is 0 Å². The number of carbonyl (C=O) groups is 2. The zero-order chi connectivity index (χ0) is 18.1. The Morgan fingerprint density at radius 3 is 2.50 bits per heavy atom. The molecule has 1 aliphatic rings. The van der Waals surface area contributed by atoms with Gasteiger partial charge in [0.15, 0.2) is 0 Å². The molecule has 6 heteroatoms. The van der Waals surface area contributed by atoms with Crippen LogP contribution in [0.2, 0.25) is 0 Å². The lowest BCUT2D eigenvalue weighted by atomic mass is 10.1. The largest absolute Gasteiger partial charge is 0.361 e. The summed E-state index contributed by atoms with van der Waals surface area (Å²) in [6, 6.07) is 9.84. The zero-order valence-electron chi connectivity index (χ0n) is 14.8. The van der Waals surface area contributed by atoms with Gasteiger partial charge in [-0.3, -0.25) is 9.59 Å². The van der Waals surface area contributed by atoms with Crippen molar-refractivity contribution < 1.29 is 9.59 Å². The Morgan fingerprint density at radius 1 is 1.04 bits per heavy atom. The summed E-state index contributed by atoms with van der Waals surface area (Å²) in [7, 11) is 1.90.